The van der Waals surface area contributed by atoms with Gasteiger partial charge in [-0.3, -0.25) is 5.11 Å². The number of hydrogen-bond acceptors (Lipinski definition) is 0. The highest BCUT2D eigenvalue weighted by atomic mass is 19.2. The lowest BCUT2D eigenvalue weighted by Crippen LogP contribution is -2.03. The van der Waals surface area contributed by atoms with Crippen LogP contribution in [0.25, 0.3) is 11.1 Å². The molecule has 0 aliphatic carbocycles. The molecule has 0 aromatic heterocycles. The van der Waals surface area contributed by atoms with Crippen LogP contribution in [-0.4, -0.2) is 0 Å². The SMILES string of the molecule is CCCCCCCCc1ccc(-c2c([O])cc(F)c(CCc3cc(F)c(F)c(F)c3)c2F)cc1. The topological polar surface area (TPSA) is 19.9 Å². The molecule has 0 atom stereocenters. The maximum Gasteiger partial charge on any atom is 0.194 e. The molecule has 0 saturated heterocycles. The van der Waals surface area contributed by atoms with Crippen LogP contribution in [0.1, 0.15) is 62.1 Å². The van der Waals surface area contributed by atoms with Crippen molar-refractivity contribution in [1.29, 1.82) is 0 Å². The molecule has 0 aliphatic rings. The van der Waals surface area contributed by atoms with E-state index in [4.69, 9.17) is 0 Å². The first-order valence-corrected chi connectivity index (χ1v) is 11.7. The molecule has 3 rings (SSSR count). The molecular formula is C28H28F5O. The van der Waals surface area contributed by atoms with Gasteiger partial charge in [0.25, 0.3) is 0 Å². The highest BCUT2D eigenvalue weighted by molar-refractivity contribution is 5.72. The molecule has 0 spiro atoms. The Morgan fingerprint density at radius 1 is 0.618 bits per heavy atom. The number of hydrogen-bond donors (Lipinski definition) is 0. The monoisotopic (exact) mass is 475 g/mol. The van der Waals surface area contributed by atoms with Gasteiger partial charge in [0.05, 0.1) is 5.56 Å². The summed E-state index contributed by atoms with van der Waals surface area (Å²) in [4.78, 5) is 0. The fraction of sp³-hybridized carbons (Fsp3) is 0.357. The third kappa shape index (κ3) is 6.37. The van der Waals surface area contributed by atoms with E-state index in [1.807, 2.05) is 12.1 Å². The number of unbranched alkanes of at least 4 members (excludes halogenated alkanes) is 5. The van der Waals surface area contributed by atoms with E-state index in [0.717, 1.165) is 43.0 Å². The van der Waals surface area contributed by atoms with Crippen molar-refractivity contribution < 1.29 is 27.1 Å². The minimum absolute atomic E-state index is 0.0574. The standard InChI is InChI=1S/C28H28F5O/c1-2-3-4-5-6-7-8-18-9-12-20(13-10-18)26-25(34)17-22(29)21(27(26)32)14-11-19-15-23(30)28(33)24(31)16-19/h9-10,12-13,15-17H,2-8,11,14H2,1H3. The average molecular weight is 476 g/mol. The van der Waals surface area contributed by atoms with Gasteiger partial charge in [0.1, 0.15) is 11.6 Å². The van der Waals surface area contributed by atoms with Gasteiger partial charge in [-0.25, -0.2) is 22.0 Å². The molecule has 0 heterocycles. The van der Waals surface area contributed by atoms with Crippen LogP contribution < -0.4 is 0 Å². The second kappa shape index (κ2) is 12.0. The van der Waals surface area contributed by atoms with E-state index in [2.05, 4.69) is 6.92 Å². The van der Waals surface area contributed by atoms with E-state index in [1.165, 1.54) is 25.7 Å². The number of halogens is 5. The van der Waals surface area contributed by atoms with Crippen molar-refractivity contribution in [2.24, 2.45) is 0 Å². The highest BCUT2D eigenvalue weighted by Gasteiger charge is 2.21. The molecule has 0 amide bonds. The first-order chi connectivity index (χ1) is 16.3. The lowest BCUT2D eigenvalue weighted by molar-refractivity contribution is 0.350. The summed E-state index contributed by atoms with van der Waals surface area (Å²) in [6.07, 6.45) is 7.59. The lowest BCUT2D eigenvalue weighted by atomic mass is 9.95. The summed E-state index contributed by atoms with van der Waals surface area (Å²) in [5.41, 5.74) is 0.890. The Labute approximate surface area is 197 Å². The van der Waals surface area contributed by atoms with Crippen LogP contribution in [0.5, 0.6) is 5.75 Å². The fourth-order valence-corrected chi connectivity index (χ4v) is 4.11. The van der Waals surface area contributed by atoms with E-state index < -0.39 is 34.8 Å². The Bertz CT molecular complexity index is 1090. The Hall–Kier alpha value is -2.89. The Morgan fingerprint density at radius 2 is 1.24 bits per heavy atom. The van der Waals surface area contributed by atoms with E-state index in [-0.39, 0.29) is 29.5 Å². The van der Waals surface area contributed by atoms with E-state index in [1.54, 1.807) is 12.1 Å². The van der Waals surface area contributed by atoms with Gasteiger partial charge in [-0.2, -0.15) is 0 Å². The predicted octanol–water partition coefficient (Wildman–Crippen LogP) is 8.88. The molecule has 0 fully saturated rings. The highest BCUT2D eigenvalue weighted by Crippen LogP contribution is 2.36. The van der Waals surface area contributed by atoms with Crippen molar-refractivity contribution in [3.05, 3.63) is 88.2 Å². The van der Waals surface area contributed by atoms with Crippen LogP contribution in [0.15, 0.2) is 42.5 Å². The van der Waals surface area contributed by atoms with Crippen LogP contribution in [0.2, 0.25) is 0 Å². The Kier molecular flexibility index (Phi) is 9.08. The minimum atomic E-state index is -1.60. The molecule has 0 bridgehead atoms. The van der Waals surface area contributed by atoms with Crippen LogP contribution in [0, 0.1) is 29.1 Å². The largest absolute Gasteiger partial charge is 0.289 e. The fourth-order valence-electron chi connectivity index (χ4n) is 4.11. The summed E-state index contributed by atoms with van der Waals surface area (Å²) in [7, 11) is 0. The quantitative estimate of drug-likeness (QED) is 0.150. The second-order valence-corrected chi connectivity index (χ2v) is 8.61. The normalized spacial score (nSPS) is 11.2. The first-order valence-electron chi connectivity index (χ1n) is 11.7. The molecule has 34 heavy (non-hydrogen) atoms. The van der Waals surface area contributed by atoms with Gasteiger partial charge < -0.3 is 0 Å². The zero-order valence-corrected chi connectivity index (χ0v) is 19.2. The summed E-state index contributed by atoms with van der Waals surface area (Å²) < 4.78 is 69.6. The summed E-state index contributed by atoms with van der Waals surface area (Å²) in [6, 6.07) is 9.29. The van der Waals surface area contributed by atoms with Gasteiger partial charge in [-0.15, -0.1) is 0 Å². The van der Waals surface area contributed by atoms with Crippen molar-refractivity contribution >= 4 is 0 Å². The summed E-state index contributed by atoms with van der Waals surface area (Å²) in [5, 5.41) is 12.4. The van der Waals surface area contributed by atoms with Crippen LogP contribution in [0.4, 0.5) is 22.0 Å². The molecule has 0 saturated carbocycles. The Balaban J connectivity index is 1.73. The second-order valence-electron chi connectivity index (χ2n) is 8.61. The van der Waals surface area contributed by atoms with Gasteiger partial charge in [-0.1, -0.05) is 63.3 Å². The summed E-state index contributed by atoms with van der Waals surface area (Å²) in [5.74, 6) is -7.12. The number of aryl methyl sites for hydroxylation is 2. The molecule has 0 aliphatic heterocycles. The molecule has 0 unspecified atom stereocenters. The third-order valence-electron chi connectivity index (χ3n) is 6.05. The predicted molar refractivity (Wildman–Crippen MR) is 123 cm³/mol. The van der Waals surface area contributed by atoms with E-state index in [9.17, 15) is 22.7 Å². The molecule has 1 radical (unpaired) electrons. The summed E-state index contributed by atoms with van der Waals surface area (Å²) in [6.45, 7) is 2.18. The van der Waals surface area contributed by atoms with Crippen LogP contribution in [0.3, 0.4) is 0 Å². The van der Waals surface area contributed by atoms with E-state index in [0.29, 0.717) is 5.56 Å². The average Bonchev–Trinajstić information content (AvgIpc) is 2.80. The third-order valence-corrected chi connectivity index (χ3v) is 6.05. The smallest absolute Gasteiger partial charge is 0.194 e. The number of rotatable bonds is 11. The van der Waals surface area contributed by atoms with Crippen molar-refractivity contribution in [3.8, 4) is 16.9 Å². The van der Waals surface area contributed by atoms with Gasteiger partial charge in [0, 0.05) is 11.6 Å². The van der Waals surface area contributed by atoms with Crippen molar-refractivity contribution in [2.75, 3.05) is 0 Å². The van der Waals surface area contributed by atoms with Gasteiger partial charge in [0.2, 0.25) is 0 Å². The zero-order chi connectivity index (χ0) is 24.7. The molecular weight excluding hydrogens is 447 g/mol. The number of benzene rings is 3. The van der Waals surface area contributed by atoms with Crippen LogP contribution in [-0.2, 0) is 24.4 Å². The van der Waals surface area contributed by atoms with Crippen molar-refractivity contribution in [2.45, 2.75) is 64.7 Å². The van der Waals surface area contributed by atoms with Gasteiger partial charge >= 0.3 is 0 Å². The molecule has 0 N–H and O–H groups in total. The zero-order valence-electron chi connectivity index (χ0n) is 19.2. The molecule has 3 aromatic rings. The molecule has 181 valence electrons. The van der Waals surface area contributed by atoms with Crippen LogP contribution >= 0.6 is 0 Å². The first kappa shape index (κ1) is 25.7. The molecule has 3 aromatic carbocycles. The van der Waals surface area contributed by atoms with Gasteiger partial charge in [0.15, 0.2) is 23.2 Å². The summed E-state index contributed by atoms with van der Waals surface area (Å²) >= 11 is 0. The molecule has 6 heteroatoms. The minimum Gasteiger partial charge on any atom is -0.289 e. The maximum atomic E-state index is 15.2. The van der Waals surface area contributed by atoms with Crippen molar-refractivity contribution in [3.63, 3.8) is 0 Å². The molecule has 1 nitrogen and oxygen atoms in total. The lowest BCUT2D eigenvalue weighted by Gasteiger charge is -2.12. The van der Waals surface area contributed by atoms with E-state index >= 15 is 4.39 Å². The van der Waals surface area contributed by atoms with Crippen molar-refractivity contribution in [1.82, 2.24) is 0 Å². The van der Waals surface area contributed by atoms with Gasteiger partial charge in [-0.05, 0) is 54.5 Å². The maximum absolute atomic E-state index is 15.2. The Morgan fingerprint density at radius 3 is 1.88 bits per heavy atom.